The Kier molecular flexibility index (Phi) is 5.92. The predicted octanol–water partition coefficient (Wildman–Crippen LogP) is 12.0. The maximum Gasteiger partial charge on any atom is 0.0724 e. The number of pyridine rings is 1. The van der Waals surface area contributed by atoms with Crippen molar-refractivity contribution in [2.24, 2.45) is 0 Å². The summed E-state index contributed by atoms with van der Waals surface area (Å²) in [6.45, 7) is 0. The number of rotatable bonds is 4. The van der Waals surface area contributed by atoms with Crippen molar-refractivity contribution in [3.63, 3.8) is 0 Å². The Morgan fingerprint density at radius 3 is 1.22 bits per heavy atom. The molecule has 7 aromatic carbocycles. The lowest BCUT2D eigenvalue weighted by atomic mass is 10.0. The Labute approximate surface area is 293 Å². The summed E-state index contributed by atoms with van der Waals surface area (Å²) in [4.78, 5) is 4.58. The molecule has 0 saturated heterocycles. The standard InChI is InChI=1S/C47H30N4/c1-7-19-41(51-46-24-12-6-18-39(46)40-25-26-48-30-47(40)51)34(13-1)31-27-32(49-42-20-8-2-14-35(42)36-15-3-9-21-43(36)49)29-33(28-31)50-44-22-10-4-16-37(44)38-17-5-11-23-45(38)50/h1-30H. The van der Waals surface area contributed by atoms with Crippen molar-refractivity contribution >= 4 is 65.4 Å². The van der Waals surface area contributed by atoms with Crippen LogP contribution in [-0.2, 0) is 0 Å². The van der Waals surface area contributed by atoms with Crippen molar-refractivity contribution < 1.29 is 0 Å². The molecule has 0 amide bonds. The average Bonchev–Trinajstić information content (AvgIpc) is 3.84. The molecule has 4 nitrogen and oxygen atoms in total. The maximum absolute atomic E-state index is 4.58. The molecule has 0 spiro atoms. The SMILES string of the molecule is c1ccc(-n2c3ccccc3c3ccncc32)c(-c2cc(-n3c4ccccc4c4ccccc43)cc(-n3c4ccccc4c4ccccc43)c2)c1. The van der Waals surface area contributed by atoms with Crippen LogP contribution in [0.15, 0.2) is 182 Å². The van der Waals surface area contributed by atoms with E-state index in [1.165, 1.54) is 54.4 Å². The highest BCUT2D eigenvalue weighted by Crippen LogP contribution is 2.40. The fraction of sp³-hybridized carbons (Fsp3) is 0. The minimum Gasteiger partial charge on any atom is -0.309 e. The molecule has 0 unspecified atom stereocenters. The van der Waals surface area contributed by atoms with E-state index in [0.29, 0.717) is 0 Å². The van der Waals surface area contributed by atoms with Crippen molar-refractivity contribution in [2.45, 2.75) is 0 Å². The zero-order valence-electron chi connectivity index (χ0n) is 27.6. The highest BCUT2D eigenvalue weighted by Gasteiger charge is 2.20. The molecule has 4 heteroatoms. The first-order valence-electron chi connectivity index (χ1n) is 17.4. The number of aromatic nitrogens is 4. The molecule has 4 heterocycles. The van der Waals surface area contributed by atoms with Crippen LogP contribution in [0.4, 0.5) is 0 Å². The summed E-state index contributed by atoms with van der Waals surface area (Å²) in [6.07, 6.45) is 3.88. The van der Waals surface area contributed by atoms with E-state index < -0.39 is 0 Å². The third-order valence-corrected chi connectivity index (χ3v) is 10.5. The van der Waals surface area contributed by atoms with Crippen molar-refractivity contribution in [2.75, 3.05) is 0 Å². The van der Waals surface area contributed by atoms with Crippen LogP contribution in [-0.4, -0.2) is 18.7 Å². The molecular formula is C47H30N4. The summed E-state index contributed by atoms with van der Waals surface area (Å²) in [5.74, 6) is 0. The van der Waals surface area contributed by atoms with E-state index in [4.69, 9.17) is 0 Å². The van der Waals surface area contributed by atoms with Gasteiger partial charge in [-0.1, -0.05) is 109 Å². The van der Waals surface area contributed by atoms with Gasteiger partial charge < -0.3 is 13.7 Å². The van der Waals surface area contributed by atoms with Crippen LogP contribution in [0.1, 0.15) is 0 Å². The predicted molar refractivity (Wildman–Crippen MR) is 213 cm³/mol. The number of nitrogens with zero attached hydrogens (tertiary/aromatic N) is 4. The monoisotopic (exact) mass is 650 g/mol. The Bertz CT molecular complexity index is 2860. The zero-order chi connectivity index (χ0) is 33.5. The maximum atomic E-state index is 4.58. The smallest absolute Gasteiger partial charge is 0.0724 e. The molecule has 0 N–H and O–H groups in total. The molecule has 238 valence electrons. The first-order valence-corrected chi connectivity index (χ1v) is 17.4. The van der Waals surface area contributed by atoms with Gasteiger partial charge in [-0.2, -0.15) is 0 Å². The summed E-state index contributed by atoms with van der Waals surface area (Å²) in [5, 5.41) is 7.39. The quantitative estimate of drug-likeness (QED) is 0.186. The van der Waals surface area contributed by atoms with Gasteiger partial charge in [0.2, 0.25) is 0 Å². The molecule has 11 rings (SSSR count). The molecule has 0 aliphatic rings. The van der Waals surface area contributed by atoms with Crippen LogP contribution >= 0.6 is 0 Å². The van der Waals surface area contributed by atoms with E-state index in [-0.39, 0.29) is 0 Å². The molecule has 11 aromatic rings. The Morgan fingerprint density at radius 2 is 0.725 bits per heavy atom. The van der Waals surface area contributed by atoms with Crippen LogP contribution in [0.2, 0.25) is 0 Å². The summed E-state index contributed by atoms with van der Waals surface area (Å²) >= 11 is 0. The number of para-hydroxylation sites is 6. The summed E-state index contributed by atoms with van der Waals surface area (Å²) in [6, 6.07) is 61.6. The second kappa shape index (κ2) is 10.8. The second-order valence-electron chi connectivity index (χ2n) is 13.2. The van der Waals surface area contributed by atoms with Gasteiger partial charge in [-0.3, -0.25) is 4.98 Å². The molecule has 0 radical (unpaired) electrons. The van der Waals surface area contributed by atoms with Gasteiger partial charge in [-0.15, -0.1) is 0 Å². The lowest BCUT2D eigenvalue weighted by Gasteiger charge is -2.18. The van der Waals surface area contributed by atoms with Gasteiger partial charge in [0.05, 0.1) is 45.0 Å². The molecule has 0 atom stereocenters. The zero-order valence-corrected chi connectivity index (χ0v) is 27.6. The Hall–Kier alpha value is -6.91. The van der Waals surface area contributed by atoms with Crippen LogP contribution in [0.3, 0.4) is 0 Å². The van der Waals surface area contributed by atoms with Crippen molar-refractivity contribution in [3.8, 4) is 28.2 Å². The van der Waals surface area contributed by atoms with Gasteiger partial charge in [0.15, 0.2) is 0 Å². The van der Waals surface area contributed by atoms with Crippen molar-refractivity contribution in [3.05, 3.63) is 182 Å². The van der Waals surface area contributed by atoms with E-state index in [9.17, 15) is 0 Å². The first-order chi connectivity index (χ1) is 25.3. The summed E-state index contributed by atoms with van der Waals surface area (Å²) in [5.41, 5.74) is 12.6. The van der Waals surface area contributed by atoms with Crippen molar-refractivity contribution in [1.29, 1.82) is 0 Å². The van der Waals surface area contributed by atoms with E-state index in [1.54, 1.807) is 0 Å². The van der Waals surface area contributed by atoms with E-state index in [1.807, 2.05) is 12.4 Å². The molecule has 0 fully saturated rings. The van der Waals surface area contributed by atoms with Crippen LogP contribution in [0, 0.1) is 0 Å². The molecule has 51 heavy (non-hydrogen) atoms. The average molecular weight is 651 g/mol. The van der Waals surface area contributed by atoms with Gasteiger partial charge in [-0.25, -0.2) is 0 Å². The van der Waals surface area contributed by atoms with E-state index >= 15 is 0 Å². The third kappa shape index (κ3) is 4.05. The minimum atomic E-state index is 1.09. The topological polar surface area (TPSA) is 27.7 Å². The molecule has 0 saturated carbocycles. The molecule has 4 aromatic heterocycles. The largest absolute Gasteiger partial charge is 0.309 e. The van der Waals surface area contributed by atoms with Gasteiger partial charge in [0, 0.05) is 55.5 Å². The normalized spacial score (nSPS) is 11.9. The van der Waals surface area contributed by atoms with Gasteiger partial charge in [0.25, 0.3) is 0 Å². The molecular weight excluding hydrogens is 621 g/mol. The number of fused-ring (bicyclic) bond motifs is 9. The van der Waals surface area contributed by atoms with Crippen LogP contribution < -0.4 is 0 Å². The number of hydrogen-bond donors (Lipinski definition) is 0. The van der Waals surface area contributed by atoms with Gasteiger partial charge >= 0.3 is 0 Å². The van der Waals surface area contributed by atoms with E-state index in [0.717, 1.165) is 39.2 Å². The van der Waals surface area contributed by atoms with Crippen molar-refractivity contribution in [1.82, 2.24) is 18.7 Å². The third-order valence-electron chi connectivity index (χ3n) is 10.5. The van der Waals surface area contributed by atoms with Gasteiger partial charge in [0.1, 0.15) is 0 Å². The van der Waals surface area contributed by atoms with E-state index in [2.05, 4.69) is 189 Å². The molecule has 0 bridgehead atoms. The summed E-state index contributed by atoms with van der Waals surface area (Å²) in [7, 11) is 0. The first kappa shape index (κ1) is 28.0. The fourth-order valence-corrected chi connectivity index (χ4v) is 8.40. The Morgan fingerprint density at radius 1 is 0.333 bits per heavy atom. The number of benzene rings is 7. The summed E-state index contributed by atoms with van der Waals surface area (Å²) < 4.78 is 7.23. The molecule has 0 aliphatic carbocycles. The Balaban J connectivity index is 1.27. The highest BCUT2D eigenvalue weighted by atomic mass is 15.0. The van der Waals surface area contributed by atoms with Gasteiger partial charge in [-0.05, 0) is 66.2 Å². The van der Waals surface area contributed by atoms with Crippen LogP contribution in [0.5, 0.6) is 0 Å². The fourth-order valence-electron chi connectivity index (χ4n) is 8.40. The number of hydrogen-bond acceptors (Lipinski definition) is 1. The highest BCUT2D eigenvalue weighted by molar-refractivity contribution is 6.12. The lowest BCUT2D eigenvalue weighted by Crippen LogP contribution is -2.02. The molecule has 0 aliphatic heterocycles. The minimum absolute atomic E-state index is 1.09. The second-order valence-corrected chi connectivity index (χ2v) is 13.2. The lowest BCUT2D eigenvalue weighted by molar-refractivity contribution is 1.13. The van der Waals surface area contributed by atoms with Crippen LogP contribution in [0.25, 0.3) is 93.6 Å².